The number of alkyl halides is 2. The molecule has 0 bridgehead atoms. The molecule has 3 aliphatic heterocycles. The number of benzene rings is 1. The second-order valence-electron chi connectivity index (χ2n) is 7.83. The molecule has 2 unspecified atom stereocenters. The van der Waals surface area contributed by atoms with Gasteiger partial charge in [0, 0.05) is 44.9 Å². The summed E-state index contributed by atoms with van der Waals surface area (Å²) >= 11 is 0. The van der Waals surface area contributed by atoms with Gasteiger partial charge in [0.25, 0.3) is 17.7 Å². The SMILES string of the molecule is O=C1CCC(N2C(=O)c3cccc(CNCC4CNCCC4(F)F)c3C2=O)C(=O)N1. The molecule has 30 heavy (non-hydrogen) atoms. The number of nitrogens with one attached hydrogen (secondary N) is 3. The molecule has 2 saturated heterocycles. The molecular formula is C20H22F2N4O4. The van der Waals surface area contributed by atoms with E-state index >= 15 is 0 Å². The lowest BCUT2D eigenvalue weighted by molar-refractivity contribution is -0.136. The molecule has 1 aromatic carbocycles. The molecule has 0 radical (unpaired) electrons. The summed E-state index contributed by atoms with van der Waals surface area (Å²) in [6, 6.07) is 3.74. The summed E-state index contributed by atoms with van der Waals surface area (Å²) in [5, 5.41) is 8.08. The van der Waals surface area contributed by atoms with Gasteiger partial charge < -0.3 is 10.6 Å². The predicted octanol–water partition coefficient (Wildman–Crippen LogP) is 0.422. The van der Waals surface area contributed by atoms with E-state index < -0.39 is 41.5 Å². The van der Waals surface area contributed by atoms with Crippen LogP contribution >= 0.6 is 0 Å². The van der Waals surface area contributed by atoms with Gasteiger partial charge in [-0.15, -0.1) is 0 Å². The molecule has 10 heteroatoms. The summed E-state index contributed by atoms with van der Waals surface area (Å²) in [5.41, 5.74) is 0.856. The van der Waals surface area contributed by atoms with Crippen LogP contribution < -0.4 is 16.0 Å². The fourth-order valence-corrected chi connectivity index (χ4v) is 4.22. The first-order chi connectivity index (χ1) is 14.3. The molecule has 160 valence electrons. The van der Waals surface area contributed by atoms with Gasteiger partial charge in [0.1, 0.15) is 6.04 Å². The van der Waals surface area contributed by atoms with E-state index in [2.05, 4.69) is 16.0 Å². The molecule has 1 aromatic rings. The molecule has 0 aromatic heterocycles. The average molecular weight is 420 g/mol. The molecule has 4 amide bonds. The second kappa shape index (κ2) is 7.84. The van der Waals surface area contributed by atoms with Gasteiger partial charge in [0.2, 0.25) is 11.8 Å². The molecule has 0 aliphatic carbocycles. The summed E-state index contributed by atoms with van der Waals surface area (Å²) < 4.78 is 28.0. The molecule has 3 aliphatic rings. The van der Waals surface area contributed by atoms with Gasteiger partial charge in [-0.25, -0.2) is 8.78 Å². The number of piperidine rings is 2. The first-order valence-corrected chi connectivity index (χ1v) is 9.92. The number of carbonyl (C=O) groups is 4. The molecule has 8 nitrogen and oxygen atoms in total. The van der Waals surface area contributed by atoms with E-state index in [4.69, 9.17) is 0 Å². The third-order valence-electron chi connectivity index (χ3n) is 5.88. The number of halogens is 2. The third-order valence-corrected chi connectivity index (χ3v) is 5.88. The van der Waals surface area contributed by atoms with Gasteiger partial charge in [-0.2, -0.15) is 0 Å². The smallest absolute Gasteiger partial charge is 0.262 e. The van der Waals surface area contributed by atoms with Crippen molar-refractivity contribution < 1.29 is 28.0 Å². The van der Waals surface area contributed by atoms with E-state index in [9.17, 15) is 28.0 Å². The fourth-order valence-electron chi connectivity index (χ4n) is 4.22. The van der Waals surface area contributed by atoms with Crippen molar-refractivity contribution in [3.63, 3.8) is 0 Å². The van der Waals surface area contributed by atoms with Crippen LogP contribution in [0.4, 0.5) is 8.78 Å². The normalized spacial score (nSPS) is 26.0. The van der Waals surface area contributed by atoms with Crippen LogP contribution in [0.15, 0.2) is 18.2 Å². The zero-order valence-corrected chi connectivity index (χ0v) is 16.2. The quantitative estimate of drug-likeness (QED) is 0.596. The molecule has 4 rings (SSSR count). The zero-order valence-electron chi connectivity index (χ0n) is 16.2. The third kappa shape index (κ3) is 3.61. The first kappa shape index (κ1) is 20.5. The Morgan fingerprint density at radius 2 is 1.97 bits per heavy atom. The highest BCUT2D eigenvalue weighted by Gasteiger charge is 2.45. The maximum absolute atomic E-state index is 14.0. The van der Waals surface area contributed by atoms with E-state index in [1.54, 1.807) is 12.1 Å². The lowest BCUT2D eigenvalue weighted by Gasteiger charge is -2.32. The largest absolute Gasteiger partial charge is 0.316 e. The van der Waals surface area contributed by atoms with Gasteiger partial charge in [0.15, 0.2) is 0 Å². The van der Waals surface area contributed by atoms with E-state index in [-0.39, 0.29) is 56.6 Å². The first-order valence-electron chi connectivity index (χ1n) is 9.92. The highest BCUT2D eigenvalue weighted by Crippen LogP contribution is 2.31. The molecular weight excluding hydrogens is 398 g/mol. The van der Waals surface area contributed by atoms with E-state index in [1.165, 1.54) is 6.07 Å². The van der Waals surface area contributed by atoms with Crippen molar-refractivity contribution >= 4 is 23.6 Å². The number of fused-ring (bicyclic) bond motifs is 1. The molecule has 0 spiro atoms. The van der Waals surface area contributed by atoms with E-state index in [0.29, 0.717) is 5.56 Å². The number of amides is 4. The van der Waals surface area contributed by atoms with Crippen LogP contribution in [-0.2, 0) is 16.1 Å². The Morgan fingerprint density at radius 3 is 2.70 bits per heavy atom. The molecule has 2 atom stereocenters. The zero-order chi connectivity index (χ0) is 21.5. The van der Waals surface area contributed by atoms with Crippen molar-refractivity contribution in [3.05, 3.63) is 34.9 Å². The summed E-state index contributed by atoms with van der Waals surface area (Å²) in [6.07, 6.45) is -0.0939. The van der Waals surface area contributed by atoms with Crippen LogP contribution in [0.3, 0.4) is 0 Å². The minimum Gasteiger partial charge on any atom is -0.316 e. The molecule has 2 fully saturated rings. The highest BCUT2D eigenvalue weighted by molar-refractivity contribution is 6.24. The Morgan fingerprint density at radius 1 is 1.17 bits per heavy atom. The van der Waals surface area contributed by atoms with Gasteiger partial charge >= 0.3 is 0 Å². The Bertz CT molecular complexity index is 920. The predicted molar refractivity (Wildman–Crippen MR) is 101 cm³/mol. The lowest BCUT2D eigenvalue weighted by atomic mass is 9.94. The van der Waals surface area contributed by atoms with Crippen LogP contribution in [0.5, 0.6) is 0 Å². The van der Waals surface area contributed by atoms with Gasteiger partial charge in [0.05, 0.1) is 11.1 Å². The summed E-state index contributed by atoms with van der Waals surface area (Å²) in [6.45, 7) is 0.677. The number of rotatable bonds is 5. The Kier molecular flexibility index (Phi) is 5.37. The maximum Gasteiger partial charge on any atom is 0.262 e. The van der Waals surface area contributed by atoms with Gasteiger partial charge in [-0.1, -0.05) is 12.1 Å². The summed E-state index contributed by atoms with van der Waals surface area (Å²) in [7, 11) is 0. The molecule has 3 N–H and O–H groups in total. The van der Waals surface area contributed by atoms with Gasteiger partial charge in [-0.05, 0) is 18.1 Å². The number of hydrogen-bond donors (Lipinski definition) is 3. The van der Waals surface area contributed by atoms with Crippen LogP contribution in [0.2, 0.25) is 0 Å². The van der Waals surface area contributed by atoms with E-state index in [0.717, 1.165) is 4.90 Å². The monoisotopic (exact) mass is 420 g/mol. The Balaban J connectivity index is 1.49. The fraction of sp³-hybridized carbons (Fsp3) is 0.500. The maximum atomic E-state index is 14.0. The van der Waals surface area contributed by atoms with Crippen molar-refractivity contribution in [1.82, 2.24) is 20.9 Å². The van der Waals surface area contributed by atoms with Gasteiger partial charge in [-0.3, -0.25) is 29.4 Å². The number of nitrogens with zero attached hydrogens (tertiary/aromatic N) is 1. The Labute approximate surface area is 171 Å². The number of imide groups is 2. The van der Waals surface area contributed by atoms with E-state index in [1.807, 2.05) is 0 Å². The van der Waals surface area contributed by atoms with Crippen LogP contribution in [0.1, 0.15) is 45.5 Å². The topological polar surface area (TPSA) is 108 Å². The molecule has 3 heterocycles. The average Bonchev–Trinajstić information content (AvgIpc) is 2.95. The second-order valence-corrected chi connectivity index (χ2v) is 7.83. The minimum absolute atomic E-state index is 0.0435. The summed E-state index contributed by atoms with van der Waals surface area (Å²) in [4.78, 5) is 50.2. The van der Waals surface area contributed by atoms with Crippen LogP contribution in [-0.4, -0.2) is 60.1 Å². The lowest BCUT2D eigenvalue weighted by Crippen LogP contribution is -2.54. The van der Waals surface area contributed by atoms with Crippen molar-refractivity contribution in [2.45, 2.75) is 37.8 Å². The van der Waals surface area contributed by atoms with Crippen molar-refractivity contribution in [1.29, 1.82) is 0 Å². The minimum atomic E-state index is -2.76. The number of hydrogen-bond acceptors (Lipinski definition) is 6. The summed E-state index contributed by atoms with van der Waals surface area (Å²) in [5.74, 6) is -5.92. The van der Waals surface area contributed by atoms with Crippen molar-refractivity contribution in [2.75, 3.05) is 19.6 Å². The van der Waals surface area contributed by atoms with Crippen molar-refractivity contribution in [3.8, 4) is 0 Å². The standard InChI is InChI=1S/C20H22F2N4O4/c21-20(22)6-7-23-9-12(20)10-24-8-11-2-1-3-13-16(11)19(30)26(18(13)29)14-4-5-15(27)25-17(14)28/h1-3,12,14,23-24H,4-10H2,(H,25,27,28). The van der Waals surface area contributed by atoms with Crippen LogP contribution in [0, 0.1) is 5.92 Å². The van der Waals surface area contributed by atoms with Crippen molar-refractivity contribution in [2.24, 2.45) is 5.92 Å². The Hall–Kier alpha value is -2.72. The molecule has 0 saturated carbocycles. The highest BCUT2D eigenvalue weighted by atomic mass is 19.3. The number of carbonyl (C=O) groups excluding carboxylic acids is 4. The van der Waals surface area contributed by atoms with Crippen LogP contribution in [0.25, 0.3) is 0 Å².